The lowest BCUT2D eigenvalue weighted by Gasteiger charge is -2.26. The highest BCUT2D eigenvalue weighted by atomic mass is 32.1. The van der Waals surface area contributed by atoms with Crippen LogP contribution in [0.15, 0.2) is 11.4 Å². The van der Waals surface area contributed by atoms with E-state index in [4.69, 9.17) is 19.4 Å². The molecular formula is C16H22F3NO4S. The molecule has 0 amide bonds. The number of carboxylic acids is 1. The fourth-order valence-corrected chi connectivity index (χ4v) is 4.27. The fraction of sp³-hybridized carbons (Fsp3) is 0.688. The van der Waals surface area contributed by atoms with Crippen LogP contribution in [0.5, 0.6) is 0 Å². The minimum atomic E-state index is -5.08. The average Bonchev–Trinajstić information content (AvgIpc) is 3.14. The van der Waals surface area contributed by atoms with Gasteiger partial charge in [-0.3, -0.25) is 4.90 Å². The number of fused-ring (bicyclic) bond motifs is 1. The molecule has 0 bridgehead atoms. The maximum Gasteiger partial charge on any atom is 0.490 e. The van der Waals surface area contributed by atoms with Crippen molar-refractivity contribution in [1.82, 2.24) is 4.90 Å². The van der Waals surface area contributed by atoms with Gasteiger partial charge < -0.3 is 14.6 Å². The molecule has 142 valence electrons. The standard InChI is InChI=1S/C14H21NO2S.C2HF3O2/c1-11-3-4-18-13(11)6-15-5-12-7-17-10-14(12,8-15)9-16-2;3-2(4,5)1(6)7/h3-4,12H,5-10H2,1-2H3;(H,6,7)/t12-,14-;/m1./s1. The highest BCUT2D eigenvalue weighted by Gasteiger charge is 2.50. The maximum absolute atomic E-state index is 10.6. The van der Waals surface area contributed by atoms with E-state index in [1.165, 1.54) is 10.4 Å². The van der Waals surface area contributed by atoms with Gasteiger partial charge in [0.25, 0.3) is 0 Å². The number of ether oxygens (including phenoxy) is 2. The Morgan fingerprint density at radius 3 is 2.76 bits per heavy atom. The zero-order chi connectivity index (χ0) is 18.7. The molecule has 2 aliphatic heterocycles. The molecule has 0 spiro atoms. The molecule has 0 aliphatic carbocycles. The first-order valence-electron chi connectivity index (χ1n) is 7.80. The number of halogens is 3. The van der Waals surface area contributed by atoms with Crippen LogP contribution in [-0.2, 0) is 20.8 Å². The first-order valence-corrected chi connectivity index (χ1v) is 8.68. The molecule has 1 aromatic rings. The molecule has 1 aromatic heterocycles. The fourth-order valence-electron chi connectivity index (χ4n) is 3.32. The normalized spacial score (nSPS) is 26.2. The van der Waals surface area contributed by atoms with Crippen LogP contribution >= 0.6 is 11.3 Å². The number of hydrogen-bond acceptors (Lipinski definition) is 5. The van der Waals surface area contributed by atoms with Crippen molar-refractivity contribution in [1.29, 1.82) is 0 Å². The minimum absolute atomic E-state index is 0.250. The summed E-state index contributed by atoms with van der Waals surface area (Å²) in [6, 6.07) is 2.21. The van der Waals surface area contributed by atoms with Gasteiger partial charge in [0.05, 0.1) is 19.8 Å². The maximum atomic E-state index is 10.6. The highest BCUT2D eigenvalue weighted by molar-refractivity contribution is 7.10. The zero-order valence-electron chi connectivity index (χ0n) is 14.1. The van der Waals surface area contributed by atoms with Crippen LogP contribution in [0.4, 0.5) is 13.2 Å². The van der Waals surface area contributed by atoms with E-state index in [0.717, 1.165) is 39.5 Å². The van der Waals surface area contributed by atoms with Crippen molar-refractivity contribution in [2.24, 2.45) is 11.3 Å². The molecule has 0 saturated carbocycles. The van der Waals surface area contributed by atoms with Crippen molar-refractivity contribution < 1.29 is 32.5 Å². The lowest BCUT2D eigenvalue weighted by atomic mass is 9.82. The summed E-state index contributed by atoms with van der Waals surface area (Å²) in [6.45, 7) is 8.16. The van der Waals surface area contributed by atoms with E-state index in [0.29, 0.717) is 5.92 Å². The van der Waals surface area contributed by atoms with Gasteiger partial charge in [0.15, 0.2) is 0 Å². The quantitative estimate of drug-likeness (QED) is 0.869. The molecule has 3 rings (SSSR count). The number of carboxylic acid groups (broad SMARTS) is 1. The Morgan fingerprint density at radius 1 is 1.56 bits per heavy atom. The molecule has 3 heterocycles. The Hall–Kier alpha value is -1.16. The second kappa shape index (κ2) is 8.03. The van der Waals surface area contributed by atoms with E-state index >= 15 is 0 Å². The summed E-state index contributed by atoms with van der Waals surface area (Å²) in [4.78, 5) is 13.0. The number of nitrogens with zero attached hydrogens (tertiary/aromatic N) is 1. The van der Waals surface area contributed by atoms with Crippen molar-refractivity contribution >= 4 is 17.3 Å². The molecule has 5 nitrogen and oxygen atoms in total. The third kappa shape index (κ3) is 4.93. The van der Waals surface area contributed by atoms with Gasteiger partial charge >= 0.3 is 12.1 Å². The van der Waals surface area contributed by atoms with E-state index in [1.807, 2.05) is 11.3 Å². The van der Waals surface area contributed by atoms with E-state index in [-0.39, 0.29) is 5.41 Å². The number of likely N-dealkylation sites (tertiary alicyclic amines) is 1. The molecule has 0 aromatic carbocycles. The van der Waals surface area contributed by atoms with Gasteiger partial charge in [-0.2, -0.15) is 13.2 Å². The van der Waals surface area contributed by atoms with Crippen molar-refractivity contribution in [3.05, 3.63) is 21.9 Å². The third-order valence-electron chi connectivity index (χ3n) is 4.60. The van der Waals surface area contributed by atoms with Gasteiger partial charge in [-0.15, -0.1) is 11.3 Å². The van der Waals surface area contributed by atoms with Crippen LogP contribution < -0.4 is 0 Å². The number of hydrogen-bond donors (Lipinski definition) is 1. The summed E-state index contributed by atoms with van der Waals surface area (Å²) >= 11 is 1.87. The van der Waals surface area contributed by atoms with E-state index < -0.39 is 12.1 Å². The van der Waals surface area contributed by atoms with Gasteiger partial charge in [-0.25, -0.2) is 4.79 Å². The first-order chi connectivity index (χ1) is 11.7. The van der Waals surface area contributed by atoms with Crippen LogP contribution in [0.25, 0.3) is 0 Å². The number of alkyl halides is 3. The van der Waals surface area contributed by atoms with Gasteiger partial charge in [0.2, 0.25) is 0 Å². The second-order valence-corrected chi connectivity index (χ2v) is 7.51. The predicted molar refractivity (Wildman–Crippen MR) is 86.6 cm³/mol. The summed E-state index contributed by atoms with van der Waals surface area (Å²) in [6.07, 6.45) is -5.08. The minimum Gasteiger partial charge on any atom is -0.475 e. The molecular weight excluding hydrogens is 359 g/mol. The number of methoxy groups -OCH3 is 1. The van der Waals surface area contributed by atoms with Gasteiger partial charge in [-0.1, -0.05) is 0 Å². The van der Waals surface area contributed by atoms with Gasteiger partial charge in [0.1, 0.15) is 0 Å². The molecule has 0 unspecified atom stereocenters. The number of aliphatic carboxylic acids is 1. The van der Waals surface area contributed by atoms with Crippen LogP contribution in [0.3, 0.4) is 0 Å². The molecule has 1 N–H and O–H groups in total. The Kier molecular flexibility index (Phi) is 6.47. The largest absolute Gasteiger partial charge is 0.490 e. The van der Waals surface area contributed by atoms with E-state index in [9.17, 15) is 13.2 Å². The topological polar surface area (TPSA) is 59.0 Å². The summed E-state index contributed by atoms with van der Waals surface area (Å²) in [7, 11) is 1.80. The zero-order valence-corrected chi connectivity index (χ0v) is 15.0. The van der Waals surface area contributed by atoms with E-state index in [1.54, 1.807) is 7.11 Å². The van der Waals surface area contributed by atoms with Crippen molar-refractivity contribution in [3.63, 3.8) is 0 Å². The lowest BCUT2D eigenvalue weighted by Crippen LogP contribution is -2.35. The Labute approximate surface area is 148 Å². The van der Waals surface area contributed by atoms with Gasteiger partial charge in [-0.05, 0) is 23.9 Å². The predicted octanol–water partition coefficient (Wildman–Crippen LogP) is 2.78. The highest BCUT2D eigenvalue weighted by Crippen LogP contribution is 2.42. The van der Waals surface area contributed by atoms with Crippen LogP contribution in [0.2, 0.25) is 0 Å². The molecule has 2 fully saturated rings. The molecule has 25 heavy (non-hydrogen) atoms. The first kappa shape index (κ1) is 20.2. The summed E-state index contributed by atoms with van der Waals surface area (Å²) in [5.41, 5.74) is 1.68. The number of aryl methyl sites for hydroxylation is 1. The van der Waals surface area contributed by atoms with Crippen molar-refractivity contribution in [2.45, 2.75) is 19.6 Å². The third-order valence-corrected chi connectivity index (χ3v) is 5.61. The molecule has 2 aliphatic rings. The number of thiophene rings is 1. The van der Waals surface area contributed by atoms with Crippen LogP contribution in [0.1, 0.15) is 10.4 Å². The molecule has 0 radical (unpaired) electrons. The smallest absolute Gasteiger partial charge is 0.475 e. The number of carbonyl (C=O) groups is 1. The van der Waals surface area contributed by atoms with E-state index in [2.05, 4.69) is 23.3 Å². The van der Waals surface area contributed by atoms with Crippen LogP contribution in [0, 0.1) is 18.3 Å². The molecule has 2 saturated heterocycles. The SMILES string of the molecule is COC[C@]12COC[C@H]1CN(Cc1sccc1C)C2.O=C(O)C(F)(F)F. The van der Waals surface area contributed by atoms with Gasteiger partial charge in [0, 0.05) is 43.0 Å². The Balaban J connectivity index is 0.000000277. The summed E-state index contributed by atoms with van der Waals surface area (Å²) in [5.74, 6) is -2.11. The van der Waals surface area contributed by atoms with Crippen molar-refractivity contribution in [3.8, 4) is 0 Å². The molecule has 2 atom stereocenters. The van der Waals surface area contributed by atoms with Crippen molar-refractivity contribution in [2.75, 3.05) is 40.0 Å². The molecule has 9 heteroatoms. The Morgan fingerprint density at radius 2 is 2.24 bits per heavy atom. The summed E-state index contributed by atoms with van der Waals surface area (Å²) in [5, 5.41) is 9.32. The monoisotopic (exact) mass is 381 g/mol. The lowest BCUT2D eigenvalue weighted by molar-refractivity contribution is -0.192. The number of rotatable bonds is 4. The second-order valence-electron chi connectivity index (χ2n) is 6.51. The van der Waals surface area contributed by atoms with Crippen LogP contribution in [-0.4, -0.2) is 62.2 Å². The summed E-state index contributed by atoms with van der Waals surface area (Å²) < 4.78 is 42.8. The average molecular weight is 381 g/mol. The Bertz CT molecular complexity index is 592.